The van der Waals surface area contributed by atoms with Gasteiger partial charge in [0.15, 0.2) is 35.1 Å². The van der Waals surface area contributed by atoms with Crippen molar-refractivity contribution in [2.45, 2.75) is 55.3 Å². The summed E-state index contributed by atoms with van der Waals surface area (Å²) in [6, 6.07) is 0. The van der Waals surface area contributed by atoms with E-state index >= 15 is 4.39 Å². The number of imidazole rings is 2. The molecular formula is C21H26FN10O11P. The van der Waals surface area contributed by atoms with Crippen molar-refractivity contribution < 1.29 is 52.8 Å². The number of fused-ring (bicyclic) bond motifs is 2. The molecule has 2 saturated heterocycles. The molecule has 0 bridgehead atoms. The Morgan fingerprint density at radius 2 is 1.77 bits per heavy atom. The minimum atomic E-state index is -5.24. The third-order valence-electron chi connectivity index (χ3n) is 7.18. The highest BCUT2D eigenvalue weighted by atomic mass is 31.2. The number of hydrogen-bond acceptors (Lipinski definition) is 17. The average Bonchev–Trinajstić information content (AvgIpc) is 3.70. The number of rotatable bonds is 9. The summed E-state index contributed by atoms with van der Waals surface area (Å²) < 4.78 is 52.0. The van der Waals surface area contributed by atoms with Crippen molar-refractivity contribution in [2.75, 3.05) is 24.7 Å². The van der Waals surface area contributed by atoms with E-state index in [1.807, 2.05) is 0 Å². The van der Waals surface area contributed by atoms with Gasteiger partial charge in [-0.15, -0.1) is 0 Å². The number of aromatic amines is 1. The molecule has 10 N–H and O–H groups in total. The van der Waals surface area contributed by atoms with Gasteiger partial charge < -0.3 is 46.3 Å². The van der Waals surface area contributed by atoms with Crippen LogP contribution in [0, 0.1) is 0 Å². The van der Waals surface area contributed by atoms with Crippen molar-refractivity contribution in [3.8, 4) is 0 Å². The number of H-pyrrole nitrogens is 1. The Labute approximate surface area is 243 Å². The van der Waals surface area contributed by atoms with Gasteiger partial charge >= 0.3 is 7.82 Å². The second-order valence-corrected chi connectivity index (χ2v) is 11.4. The fourth-order valence-corrected chi connectivity index (χ4v) is 5.98. The number of hydrogen-bond donors (Lipinski definition) is 8. The molecule has 9 atom stereocenters. The zero-order valence-corrected chi connectivity index (χ0v) is 23.1. The Balaban J connectivity index is 1.21. The average molecular weight is 644 g/mol. The van der Waals surface area contributed by atoms with E-state index in [1.54, 1.807) is 0 Å². The number of nitrogen functional groups attached to an aromatic ring is 2. The number of anilines is 2. The zero-order valence-electron chi connectivity index (χ0n) is 22.2. The second-order valence-electron chi connectivity index (χ2n) is 9.95. The van der Waals surface area contributed by atoms with Gasteiger partial charge in [-0.2, -0.15) is 4.98 Å². The van der Waals surface area contributed by atoms with Crippen LogP contribution in [0.1, 0.15) is 18.9 Å². The second kappa shape index (κ2) is 11.0. The predicted molar refractivity (Wildman–Crippen MR) is 141 cm³/mol. The molecular weight excluding hydrogens is 618 g/mol. The fourth-order valence-electron chi connectivity index (χ4n) is 5.06. The largest absolute Gasteiger partial charge is 0.472 e. The van der Waals surface area contributed by atoms with Gasteiger partial charge in [0.25, 0.3) is 5.56 Å². The van der Waals surface area contributed by atoms with Crippen molar-refractivity contribution in [3.63, 3.8) is 0 Å². The van der Waals surface area contributed by atoms with Gasteiger partial charge in [0.2, 0.25) is 11.8 Å². The van der Waals surface area contributed by atoms with Gasteiger partial charge in [0, 0.05) is 13.0 Å². The van der Waals surface area contributed by atoms with Crippen LogP contribution < -0.4 is 17.0 Å². The number of alkyl halides is 1. The van der Waals surface area contributed by atoms with Crippen LogP contribution in [-0.2, 0) is 23.1 Å². The number of halogens is 1. The molecule has 0 saturated carbocycles. The molecule has 1 unspecified atom stereocenters. The Morgan fingerprint density at radius 1 is 1.07 bits per heavy atom. The number of nitrogens with zero attached hydrogens (tertiary/aromatic N) is 7. The third kappa shape index (κ3) is 5.09. The monoisotopic (exact) mass is 644 g/mol. The molecule has 21 nitrogen and oxygen atoms in total. The van der Waals surface area contributed by atoms with E-state index in [2.05, 4.69) is 29.9 Å². The summed E-state index contributed by atoms with van der Waals surface area (Å²) in [5.74, 6) is -3.27. The number of aliphatic hydroxyl groups excluding tert-OH is 4. The summed E-state index contributed by atoms with van der Waals surface area (Å²) in [6.45, 7) is -1.62. The molecule has 2 aliphatic rings. The topological polar surface area (TPSA) is 314 Å². The number of phosphoric ester groups is 1. The summed E-state index contributed by atoms with van der Waals surface area (Å²) in [4.78, 5) is 44.7. The highest BCUT2D eigenvalue weighted by molar-refractivity contribution is 7.47. The first-order valence-electron chi connectivity index (χ1n) is 12.8. The lowest BCUT2D eigenvalue weighted by atomic mass is 10.1. The Kier molecular flexibility index (Phi) is 7.60. The van der Waals surface area contributed by atoms with E-state index in [1.165, 1.54) is 10.9 Å². The predicted octanol–water partition coefficient (Wildman–Crippen LogP) is -2.82. The first-order chi connectivity index (χ1) is 20.8. The van der Waals surface area contributed by atoms with Gasteiger partial charge in [-0.25, -0.2) is 28.9 Å². The van der Waals surface area contributed by atoms with E-state index in [0.29, 0.717) is 0 Å². The third-order valence-corrected chi connectivity index (χ3v) is 8.17. The van der Waals surface area contributed by atoms with Crippen LogP contribution in [0.5, 0.6) is 0 Å². The molecule has 0 radical (unpaired) electrons. The first-order valence-corrected chi connectivity index (χ1v) is 14.3. The van der Waals surface area contributed by atoms with Crippen LogP contribution in [-0.4, -0.2) is 114 Å². The van der Waals surface area contributed by atoms with E-state index in [0.717, 1.165) is 17.2 Å². The van der Waals surface area contributed by atoms with E-state index < -0.39 is 81.8 Å². The highest BCUT2D eigenvalue weighted by Crippen LogP contribution is 2.52. The van der Waals surface area contributed by atoms with Crippen molar-refractivity contribution >= 4 is 41.9 Å². The number of aliphatic hydroxyl groups is 4. The standard InChI is InChI=1S/C21H26FN10O11P/c22-21(1-2-33)13(36)12(19(42-21)32-6-28-9-16(32)29-20(24)30-17(9)37)43-44(38,39)40-3-7-10(34)11(35)18(41-7)31-5-27-8-14(23)25-4-26-15(8)31/h4-7,10-13,18-19,33-36H,1-3H2,(H,38,39)(H2,23,25,26)(H3,24,29,30,37)/t7-,10-,11-,12-,13+,18-,19-,21-/m1/s1. The number of phosphoric acid groups is 1. The van der Waals surface area contributed by atoms with Gasteiger partial charge in [0.1, 0.15) is 42.4 Å². The van der Waals surface area contributed by atoms with Gasteiger partial charge in [-0.05, 0) is 0 Å². The Morgan fingerprint density at radius 3 is 2.50 bits per heavy atom. The first kappa shape index (κ1) is 30.3. The summed E-state index contributed by atoms with van der Waals surface area (Å²) in [5.41, 5.74) is 10.5. The van der Waals surface area contributed by atoms with Gasteiger partial charge in [0.05, 0.1) is 19.3 Å². The highest BCUT2D eigenvalue weighted by Gasteiger charge is 2.59. The fraction of sp³-hybridized carbons (Fsp3) is 0.524. The number of ether oxygens (including phenoxy) is 2. The van der Waals surface area contributed by atoms with E-state index in [-0.39, 0.29) is 34.1 Å². The smallest absolute Gasteiger partial charge is 0.396 e. The Bertz CT molecular complexity index is 1810. The molecule has 0 aliphatic carbocycles. The number of aromatic nitrogens is 8. The lowest BCUT2D eigenvalue weighted by molar-refractivity contribution is -0.194. The summed E-state index contributed by atoms with van der Waals surface area (Å²) in [5, 5.41) is 41.3. The van der Waals surface area contributed by atoms with Crippen molar-refractivity contribution in [2.24, 2.45) is 0 Å². The van der Waals surface area contributed by atoms with E-state index in [9.17, 15) is 34.7 Å². The lowest BCUT2D eigenvalue weighted by Crippen LogP contribution is -2.41. The van der Waals surface area contributed by atoms with Crippen LogP contribution in [0.2, 0.25) is 0 Å². The van der Waals surface area contributed by atoms with Crippen molar-refractivity contribution in [1.29, 1.82) is 0 Å². The zero-order chi connectivity index (χ0) is 31.6. The minimum absolute atomic E-state index is 0.0578. The van der Waals surface area contributed by atoms with Gasteiger partial charge in [-0.3, -0.25) is 28.0 Å². The number of nitrogens with two attached hydrogens (primary N) is 2. The molecule has 2 fully saturated rings. The van der Waals surface area contributed by atoms with Crippen LogP contribution in [0.3, 0.4) is 0 Å². The quantitative estimate of drug-likeness (QED) is 0.0852. The minimum Gasteiger partial charge on any atom is -0.396 e. The molecule has 23 heteroatoms. The number of nitrogens with one attached hydrogen (secondary N) is 1. The maximum atomic E-state index is 15.6. The van der Waals surface area contributed by atoms with Crippen LogP contribution in [0.15, 0.2) is 23.8 Å². The molecule has 0 spiro atoms. The molecule has 0 amide bonds. The van der Waals surface area contributed by atoms with Crippen LogP contribution in [0.25, 0.3) is 22.3 Å². The molecule has 238 valence electrons. The van der Waals surface area contributed by atoms with Gasteiger partial charge in [-0.1, -0.05) is 0 Å². The Hall–Kier alpha value is -3.70. The van der Waals surface area contributed by atoms with Crippen LogP contribution in [0.4, 0.5) is 16.2 Å². The molecule has 4 aromatic heterocycles. The normalized spacial score (nSPS) is 32.1. The summed E-state index contributed by atoms with van der Waals surface area (Å²) in [6.07, 6.45) is -9.32. The molecule has 2 aliphatic heterocycles. The van der Waals surface area contributed by atoms with Crippen molar-refractivity contribution in [3.05, 3.63) is 29.3 Å². The summed E-state index contributed by atoms with van der Waals surface area (Å²) in [7, 11) is -5.24. The SMILES string of the molecule is Nc1nc2c(ncn2[C@@H]2O[C@](F)(CCO)[C@@H](O)[C@H]2OP(=O)(O)OC[C@H]2O[C@@H](n3cnc4c(N)ncnc43)[C@H](O)[C@@H]2O)c(=O)[nH]1. The summed E-state index contributed by atoms with van der Waals surface area (Å²) >= 11 is 0. The van der Waals surface area contributed by atoms with E-state index in [4.69, 9.17) is 30.0 Å². The lowest BCUT2D eigenvalue weighted by Gasteiger charge is -2.25. The van der Waals surface area contributed by atoms with Crippen LogP contribution >= 0.6 is 7.82 Å². The molecule has 44 heavy (non-hydrogen) atoms. The maximum absolute atomic E-state index is 15.6. The maximum Gasteiger partial charge on any atom is 0.472 e. The molecule has 4 aromatic rings. The van der Waals surface area contributed by atoms with Crippen molar-refractivity contribution in [1.82, 2.24) is 39.0 Å². The molecule has 6 heterocycles. The molecule has 0 aromatic carbocycles. The molecule has 6 rings (SSSR count).